The summed E-state index contributed by atoms with van der Waals surface area (Å²) < 4.78 is 16.5. The molecule has 2 rings (SSSR count). The molecule has 0 radical (unpaired) electrons. The molecule has 1 saturated heterocycles. The first-order valence-corrected chi connectivity index (χ1v) is 7.20. The number of methoxy groups -OCH3 is 2. The maximum atomic E-state index is 6.42. The molecule has 4 nitrogen and oxygen atoms in total. The average Bonchev–Trinajstić information content (AvgIpc) is 2.48. The highest BCUT2D eigenvalue weighted by molar-refractivity contribution is 6.30. The Labute approximate surface area is 125 Å². The Hall–Kier alpha value is -0.810. The molecule has 112 valence electrons. The van der Waals surface area contributed by atoms with Crippen molar-refractivity contribution in [1.82, 2.24) is 0 Å². The lowest BCUT2D eigenvalue weighted by Crippen LogP contribution is -2.53. The fraction of sp³-hybridized carbons (Fsp3) is 0.600. The van der Waals surface area contributed by atoms with Crippen molar-refractivity contribution in [3.63, 3.8) is 0 Å². The largest absolute Gasteiger partial charge is 0.496 e. The molecule has 1 aromatic carbocycles. The number of nitrogens with two attached hydrogens (primary N) is 1. The van der Waals surface area contributed by atoms with Crippen LogP contribution in [0.5, 0.6) is 5.75 Å². The van der Waals surface area contributed by atoms with Crippen molar-refractivity contribution < 1.29 is 14.2 Å². The van der Waals surface area contributed by atoms with E-state index in [1.54, 1.807) is 14.2 Å². The van der Waals surface area contributed by atoms with Gasteiger partial charge < -0.3 is 19.9 Å². The Bertz CT molecular complexity index is 447. The van der Waals surface area contributed by atoms with Gasteiger partial charge in [0.25, 0.3) is 0 Å². The van der Waals surface area contributed by atoms with Crippen LogP contribution in [0.15, 0.2) is 18.2 Å². The van der Waals surface area contributed by atoms with Gasteiger partial charge in [-0.2, -0.15) is 0 Å². The van der Waals surface area contributed by atoms with E-state index < -0.39 is 0 Å². The maximum absolute atomic E-state index is 6.42. The van der Waals surface area contributed by atoms with Crippen molar-refractivity contribution in [2.45, 2.75) is 30.9 Å². The van der Waals surface area contributed by atoms with Gasteiger partial charge in [-0.05, 0) is 30.2 Å². The summed E-state index contributed by atoms with van der Waals surface area (Å²) >= 11 is 6.06. The molecule has 1 aliphatic rings. The minimum Gasteiger partial charge on any atom is -0.496 e. The maximum Gasteiger partial charge on any atom is 0.122 e. The minimum absolute atomic E-state index is 0.122. The van der Waals surface area contributed by atoms with Crippen molar-refractivity contribution >= 4 is 11.6 Å². The predicted molar refractivity (Wildman–Crippen MR) is 79.5 cm³/mol. The van der Waals surface area contributed by atoms with Crippen LogP contribution in [0, 0.1) is 0 Å². The molecule has 1 heterocycles. The first-order chi connectivity index (χ1) is 9.61. The zero-order chi connectivity index (χ0) is 14.6. The molecule has 1 unspecified atom stereocenters. The molecule has 0 aromatic heterocycles. The summed E-state index contributed by atoms with van der Waals surface area (Å²) in [5.74, 6) is 0.808. The van der Waals surface area contributed by atoms with Crippen LogP contribution in [0.3, 0.4) is 0 Å². The fourth-order valence-corrected chi connectivity index (χ4v) is 2.97. The summed E-state index contributed by atoms with van der Waals surface area (Å²) in [6, 6.07) is 5.47. The van der Waals surface area contributed by atoms with Gasteiger partial charge in [0.15, 0.2) is 0 Å². The second-order valence-electron chi connectivity index (χ2n) is 5.15. The van der Waals surface area contributed by atoms with Crippen LogP contribution in [-0.4, -0.2) is 39.1 Å². The Balaban J connectivity index is 2.17. The Kier molecular flexibility index (Phi) is 5.27. The first kappa shape index (κ1) is 15.6. The Morgan fingerprint density at radius 3 is 2.65 bits per heavy atom. The van der Waals surface area contributed by atoms with Crippen LogP contribution in [0.4, 0.5) is 0 Å². The van der Waals surface area contributed by atoms with Gasteiger partial charge >= 0.3 is 0 Å². The lowest BCUT2D eigenvalue weighted by atomic mass is 9.83. The number of ether oxygens (including phenoxy) is 3. The lowest BCUT2D eigenvalue weighted by molar-refractivity contribution is -0.103. The summed E-state index contributed by atoms with van der Waals surface area (Å²) in [4.78, 5) is 0. The van der Waals surface area contributed by atoms with Crippen LogP contribution in [0.2, 0.25) is 5.02 Å². The normalized spacial score (nSPS) is 19.6. The van der Waals surface area contributed by atoms with Gasteiger partial charge in [0.05, 0.1) is 12.7 Å². The molecule has 20 heavy (non-hydrogen) atoms. The fourth-order valence-electron chi connectivity index (χ4n) is 2.77. The summed E-state index contributed by atoms with van der Waals surface area (Å²) in [6.45, 7) is 1.38. The molecule has 2 N–H and O–H groups in total. The van der Waals surface area contributed by atoms with Crippen molar-refractivity contribution in [3.8, 4) is 5.75 Å². The third kappa shape index (κ3) is 3.26. The van der Waals surface area contributed by atoms with E-state index in [2.05, 4.69) is 0 Å². The van der Waals surface area contributed by atoms with Gasteiger partial charge in [0, 0.05) is 44.2 Å². The molecule has 0 spiro atoms. The molecule has 0 amide bonds. The number of hydrogen-bond donors (Lipinski definition) is 1. The van der Waals surface area contributed by atoms with Crippen molar-refractivity contribution in [3.05, 3.63) is 28.8 Å². The van der Waals surface area contributed by atoms with Crippen LogP contribution in [0.25, 0.3) is 0 Å². The smallest absolute Gasteiger partial charge is 0.122 e. The summed E-state index contributed by atoms with van der Waals surface area (Å²) in [5, 5.41) is 0.687. The van der Waals surface area contributed by atoms with Crippen LogP contribution in [-0.2, 0) is 15.9 Å². The molecule has 0 bridgehead atoms. The zero-order valence-electron chi connectivity index (χ0n) is 12.0. The summed E-state index contributed by atoms with van der Waals surface area (Å²) in [5.41, 5.74) is 7.10. The van der Waals surface area contributed by atoms with E-state index in [-0.39, 0.29) is 11.6 Å². The third-order valence-corrected chi connectivity index (χ3v) is 4.34. The van der Waals surface area contributed by atoms with Crippen molar-refractivity contribution in [2.75, 3.05) is 27.4 Å². The van der Waals surface area contributed by atoms with Gasteiger partial charge in [-0.3, -0.25) is 0 Å². The number of rotatable bonds is 5. The monoisotopic (exact) mass is 299 g/mol. The van der Waals surface area contributed by atoms with E-state index in [0.717, 1.165) is 24.2 Å². The topological polar surface area (TPSA) is 53.7 Å². The van der Waals surface area contributed by atoms with Crippen molar-refractivity contribution in [2.24, 2.45) is 5.73 Å². The van der Waals surface area contributed by atoms with Crippen LogP contribution >= 0.6 is 11.6 Å². The van der Waals surface area contributed by atoms with Crippen molar-refractivity contribution in [1.29, 1.82) is 0 Å². The Morgan fingerprint density at radius 1 is 1.35 bits per heavy atom. The van der Waals surface area contributed by atoms with E-state index in [9.17, 15) is 0 Å². The molecular weight excluding hydrogens is 278 g/mol. The highest BCUT2D eigenvalue weighted by atomic mass is 35.5. The second kappa shape index (κ2) is 6.76. The number of halogens is 1. The molecule has 5 heteroatoms. The van der Waals surface area contributed by atoms with Gasteiger partial charge in [-0.1, -0.05) is 11.6 Å². The summed E-state index contributed by atoms with van der Waals surface area (Å²) in [7, 11) is 3.37. The predicted octanol–water partition coefficient (Wildman–Crippen LogP) is 2.41. The first-order valence-electron chi connectivity index (χ1n) is 6.82. The molecule has 1 atom stereocenters. The molecule has 1 fully saturated rings. The van der Waals surface area contributed by atoms with E-state index in [0.29, 0.717) is 24.7 Å². The minimum atomic E-state index is -0.328. The molecular formula is C15H22ClNO3. The van der Waals surface area contributed by atoms with Crippen LogP contribution < -0.4 is 10.5 Å². The van der Waals surface area contributed by atoms with Gasteiger partial charge in [-0.25, -0.2) is 0 Å². The van der Waals surface area contributed by atoms with Crippen LogP contribution in [0.1, 0.15) is 18.4 Å². The molecule has 1 aromatic rings. The van der Waals surface area contributed by atoms with Gasteiger partial charge in [-0.15, -0.1) is 0 Å². The highest BCUT2D eigenvalue weighted by Gasteiger charge is 2.38. The zero-order valence-corrected chi connectivity index (χ0v) is 12.8. The standard InChI is InChI=1S/C15H22ClNO3/c1-18-13-4-3-12(16)9-11(13)10-14(17)15(19-2)5-7-20-8-6-15/h3-4,9,14H,5-8,10,17H2,1-2H3. The van der Waals surface area contributed by atoms with Gasteiger partial charge in [0.1, 0.15) is 5.75 Å². The average molecular weight is 300 g/mol. The quantitative estimate of drug-likeness (QED) is 0.907. The Morgan fingerprint density at radius 2 is 2.05 bits per heavy atom. The van der Waals surface area contributed by atoms with E-state index in [4.69, 9.17) is 31.5 Å². The molecule has 0 aliphatic carbocycles. The lowest BCUT2D eigenvalue weighted by Gasteiger charge is -2.40. The third-order valence-electron chi connectivity index (χ3n) is 4.10. The second-order valence-corrected chi connectivity index (χ2v) is 5.58. The number of hydrogen-bond acceptors (Lipinski definition) is 4. The molecule has 0 saturated carbocycles. The highest BCUT2D eigenvalue weighted by Crippen LogP contribution is 2.31. The number of benzene rings is 1. The van der Waals surface area contributed by atoms with E-state index >= 15 is 0 Å². The summed E-state index contributed by atoms with van der Waals surface area (Å²) in [6.07, 6.45) is 2.29. The SMILES string of the molecule is COc1ccc(Cl)cc1CC(N)C1(OC)CCOCC1. The molecule has 1 aliphatic heterocycles. The van der Waals surface area contributed by atoms with E-state index in [1.807, 2.05) is 18.2 Å². The van der Waals surface area contributed by atoms with E-state index in [1.165, 1.54) is 0 Å². The van der Waals surface area contributed by atoms with Gasteiger partial charge in [0.2, 0.25) is 0 Å².